The third-order valence-corrected chi connectivity index (χ3v) is 4.34. The maximum atomic E-state index is 13.0. The number of rotatable bonds is 3. The highest BCUT2D eigenvalue weighted by Crippen LogP contribution is 2.34. The number of halogens is 3. The van der Waals surface area contributed by atoms with E-state index in [0.717, 1.165) is 25.6 Å². The van der Waals surface area contributed by atoms with Crippen molar-refractivity contribution >= 4 is 17.4 Å². The van der Waals surface area contributed by atoms with Crippen molar-refractivity contribution in [2.75, 3.05) is 23.3 Å². The zero-order valence-electron chi connectivity index (χ0n) is 14.3. The van der Waals surface area contributed by atoms with Crippen LogP contribution in [0, 0.1) is 5.92 Å². The Morgan fingerprint density at radius 3 is 2.62 bits per heavy atom. The Bertz CT molecular complexity index is 777. The lowest BCUT2D eigenvalue weighted by Crippen LogP contribution is -2.35. The normalized spacial score (nSPS) is 17.8. The summed E-state index contributed by atoms with van der Waals surface area (Å²) >= 11 is 0. The summed E-state index contributed by atoms with van der Waals surface area (Å²) < 4.78 is 39.0. The molecule has 1 aliphatic rings. The summed E-state index contributed by atoms with van der Waals surface area (Å²) in [7, 11) is 0. The largest absolute Gasteiger partial charge is 0.418 e. The third-order valence-electron chi connectivity index (χ3n) is 4.34. The van der Waals surface area contributed by atoms with Gasteiger partial charge in [0.25, 0.3) is 5.91 Å². The van der Waals surface area contributed by atoms with Crippen LogP contribution in [0.2, 0.25) is 0 Å². The summed E-state index contributed by atoms with van der Waals surface area (Å²) in [4.78, 5) is 14.3. The number of nitrogens with one attached hydrogen (secondary N) is 1. The molecule has 1 aromatic carbocycles. The molecule has 1 amide bonds. The van der Waals surface area contributed by atoms with Gasteiger partial charge in [-0.05, 0) is 43.0 Å². The second kappa shape index (κ2) is 7.31. The molecule has 1 saturated heterocycles. The van der Waals surface area contributed by atoms with E-state index in [-0.39, 0.29) is 11.4 Å². The number of hydrogen-bond donors (Lipinski definition) is 1. The molecular formula is C18H19F3N4O. The maximum absolute atomic E-state index is 13.0. The highest BCUT2D eigenvalue weighted by molar-refractivity contribution is 6.03. The highest BCUT2D eigenvalue weighted by Gasteiger charge is 2.33. The minimum absolute atomic E-state index is 0.0317. The molecule has 5 nitrogen and oxygen atoms in total. The standard InChI is InChI=1S/C18H19F3N4O/c1-12-5-4-10-25(11-12)16-9-8-15(23-24-16)17(26)22-14-7-3-2-6-13(14)18(19,20)21/h2-3,6-9,12H,4-5,10-11H2,1H3,(H,22,26). The molecule has 1 unspecified atom stereocenters. The van der Waals surface area contributed by atoms with Gasteiger partial charge in [0, 0.05) is 13.1 Å². The van der Waals surface area contributed by atoms with E-state index in [4.69, 9.17) is 0 Å². The molecule has 0 bridgehead atoms. The SMILES string of the molecule is CC1CCCN(c2ccc(C(=O)Nc3ccccc3C(F)(F)F)nn2)C1. The first kappa shape index (κ1) is 18.2. The van der Waals surface area contributed by atoms with E-state index in [2.05, 4.69) is 27.3 Å². The second-order valence-corrected chi connectivity index (χ2v) is 6.47. The van der Waals surface area contributed by atoms with Crippen molar-refractivity contribution in [2.24, 2.45) is 5.92 Å². The van der Waals surface area contributed by atoms with Gasteiger partial charge in [0.15, 0.2) is 11.5 Å². The van der Waals surface area contributed by atoms with Crippen LogP contribution in [0.3, 0.4) is 0 Å². The van der Waals surface area contributed by atoms with Crippen molar-refractivity contribution in [3.8, 4) is 0 Å². The van der Waals surface area contributed by atoms with Crippen molar-refractivity contribution in [1.82, 2.24) is 10.2 Å². The fourth-order valence-corrected chi connectivity index (χ4v) is 3.04. The topological polar surface area (TPSA) is 58.1 Å². The number of anilines is 2. The number of carbonyl (C=O) groups is 1. The predicted molar refractivity (Wildman–Crippen MR) is 92.0 cm³/mol. The van der Waals surface area contributed by atoms with Crippen molar-refractivity contribution in [3.05, 3.63) is 47.7 Å². The van der Waals surface area contributed by atoms with E-state index in [1.165, 1.54) is 30.7 Å². The molecule has 0 aliphatic carbocycles. The predicted octanol–water partition coefficient (Wildman–Crippen LogP) is 3.98. The van der Waals surface area contributed by atoms with E-state index in [9.17, 15) is 18.0 Å². The van der Waals surface area contributed by atoms with E-state index in [1.54, 1.807) is 6.07 Å². The van der Waals surface area contributed by atoms with Crippen LogP contribution in [-0.4, -0.2) is 29.2 Å². The summed E-state index contributed by atoms with van der Waals surface area (Å²) in [5.41, 5.74) is -1.24. The van der Waals surface area contributed by atoms with Crippen LogP contribution in [0.5, 0.6) is 0 Å². The van der Waals surface area contributed by atoms with E-state index >= 15 is 0 Å². The lowest BCUT2D eigenvalue weighted by molar-refractivity contribution is -0.136. The number of amides is 1. The number of piperidine rings is 1. The highest BCUT2D eigenvalue weighted by atomic mass is 19.4. The Labute approximate surface area is 149 Å². The molecule has 138 valence electrons. The minimum atomic E-state index is -4.55. The molecule has 1 N–H and O–H groups in total. The van der Waals surface area contributed by atoms with Gasteiger partial charge in [-0.2, -0.15) is 13.2 Å². The maximum Gasteiger partial charge on any atom is 0.418 e. The Morgan fingerprint density at radius 2 is 1.96 bits per heavy atom. The monoisotopic (exact) mass is 364 g/mol. The number of nitrogens with zero attached hydrogens (tertiary/aromatic N) is 3. The summed E-state index contributed by atoms with van der Waals surface area (Å²) in [6.45, 7) is 3.92. The van der Waals surface area contributed by atoms with E-state index in [0.29, 0.717) is 11.7 Å². The zero-order chi connectivity index (χ0) is 18.7. The molecule has 3 rings (SSSR count). The summed E-state index contributed by atoms with van der Waals surface area (Å²) in [5.74, 6) is 0.504. The van der Waals surface area contributed by atoms with Crippen molar-refractivity contribution in [3.63, 3.8) is 0 Å². The summed E-state index contributed by atoms with van der Waals surface area (Å²) in [6, 6.07) is 7.98. The number of carbonyl (C=O) groups excluding carboxylic acids is 1. The molecule has 1 atom stereocenters. The van der Waals surface area contributed by atoms with Crippen LogP contribution in [0.1, 0.15) is 35.8 Å². The van der Waals surface area contributed by atoms with Crippen LogP contribution in [0.25, 0.3) is 0 Å². The van der Waals surface area contributed by atoms with Crippen LogP contribution < -0.4 is 10.2 Å². The zero-order valence-corrected chi connectivity index (χ0v) is 14.3. The summed E-state index contributed by atoms with van der Waals surface area (Å²) in [6.07, 6.45) is -2.31. The smallest absolute Gasteiger partial charge is 0.355 e. The average molecular weight is 364 g/mol. The van der Waals surface area contributed by atoms with Gasteiger partial charge in [0.1, 0.15) is 0 Å². The number of benzene rings is 1. The number of hydrogen-bond acceptors (Lipinski definition) is 4. The molecule has 1 aromatic heterocycles. The molecule has 2 heterocycles. The summed E-state index contributed by atoms with van der Waals surface area (Å²) in [5, 5.41) is 10.2. The Hall–Kier alpha value is -2.64. The molecule has 0 saturated carbocycles. The third kappa shape index (κ3) is 4.12. The van der Waals surface area contributed by atoms with Gasteiger partial charge in [-0.3, -0.25) is 4.79 Å². The van der Waals surface area contributed by atoms with Crippen molar-refractivity contribution < 1.29 is 18.0 Å². The Kier molecular flexibility index (Phi) is 5.11. The fourth-order valence-electron chi connectivity index (χ4n) is 3.04. The molecule has 8 heteroatoms. The average Bonchev–Trinajstić information content (AvgIpc) is 2.61. The first-order chi connectivity index (χ1) is 12.3. The van der Waals surface area contributed by atoms with Crippen LogP contribution in [-0.2, 0) is 6.18 Å². The van der Waals surface area contributed by atoms with Crippen LogP contribution >= 0.6 is 0 Å². The lowest BCUT2D eigenvalue weighted by atomic mass is 10.0. The van der Waals surface area contributed by atoms with Gasteiger partial charge < -0.3 is 10.2 Å². The number of aromatic nitrogens is 2. The molecule has 0 spiro atoms. The van der Waals surface area contributed by atoms with E-state index in [1.807, 2.05) is 0 Å². The first-order valence-electron chi connectivity index (χ1n) is 8.41. The molecular weight excluding hydrogens is 345 g/mol. The molecule has 2 aromatic rings. The minimum Gasteiger partial charge on any atom is -0.355 e. The quantitative estimate of drug-likeness (QED) is 0.895. The first-order valence-corrected chi connectivity index (χ1v) is 8.41. The van der Waals surface area contributed by atoms with Gasteiger partial charge in [0.2, 0.25) is 0 Å². The van der Waals surface area contributed by atoms with Gasteiger partial charge in [0.05, 0.1) is 11.3 Å². The van der Waals surface area contributed by atoms with Crippen molar-refractivity contribution in [2.45, 2.75) is 25.9 Å². The van der Waals surface area contributed by atoms with Gasteiger partial charge in [-0.1, -0.05) is 19.1 Å². The lowest BCUT2D eigenvalue weighted by Gasteiger charge is -2.31. The Morgan fingerprint density at radius 1 is 1.19 bits per heavy atom. The molecule has 26 heavy (non-hydrogen) atoms. The number of alkyl halides is 3. The van der Waals surface area contributed by atoms with Gasteiger partial charge in [-0.25, -0.2) is 0 Å². The second-order valence-electron chi connectivity index (χ2n) is 6.47. The van der Waals surface area contributed by atoms with Gasteiger partial charge in [-0.15, -0.1) is 10.2 Å². The van der Waals surface area contributed by atoms with Crippen LogP contribution in [0.15, 0.2) is 36.4 Å². The van der Waals surface area contributed by atoms with Crippen molar-refractivity contribution in [1.29, 1.82) is 0 Å². The number of para-hydroxylation sites is 1. The molecule has 1 aliphatic heterocycles. The van der Waals surface area contributed by atoms with Crippen LogP contribution in [0.4, 0.5) is 24.7 Å². The fraction of sp³-hybridized carbons (Fsp3) is 0.389. The van der Waals surface area contributed by atoms with E-state index < -0.39 is 17.6 Å². The molecule has 0 radical (unpaired) electrons. The Balaban J connectivity index is 1.73. The van der Waals surface area contributed by atoms with Gasteiger partial charge >= 0.3 is 6.18 Å². The molecule has 1 fully saturated rings.